The number of hydrogen-bond acceptors (Lipinski definition) is 3. The molecule has 2 rings (SSSR count). The molecule has 3 nitrogen and oxygen atoms in total. The van der Waals surface area contributed by atoms with Crippen molar-refractivity contribution in [1.82, 2.24) is 4.98 Å². The summed E-state index contributed by atoms with van der Waals surface area (Å²) in [5, 5.41) is 9.83. The van der Waals surface area contributed by atoms with Gasteiger partial charge in [-0.2, -0.15) is 13.2 Å². The molecule has 0 saturated heterocycles. The third-order valence-corrected chi connectivity index (χ3v) is 4.25. The summed E-state index contributed by atoms with van der Waals surface area (Å²) in [6.45, 7) is 3.64. The van der Waals surface area contributed by atoms with E-state index < -0.39 is 18.7 Å². The number of aliphatic hydroxyl groups is 1. The van der Waals surface area contributed by atoms with Crippen molar-refractivity contribution in [1.29, 1.82) is 0 Å². The fourth-order valence-electron chi connectivity index (χ4n) is 3.04. The third-order valence-electron chi connectivity index (χ3n) is 4.25. The Kier molecular flexibility index (Phi) is 4.96. The SMILES string of the molecule is CCC(O)c1oc(C2CCC(CC(F)(F)F)CC2)nc1C. The van der Waals surface area contributed by atoms with Crippen molar-refractivity contribution < 1.29 is 22.7 Å². The van der Waals surface area contributed by atoms with Crippen molar-refractivity contribution in [3.63, 3.8) is 0 Å². The summed E-state index contributed by atoms with van der Waals surface area (Å²) in [5.74, 6) is 0.856. The Balaban J connectivity index is 1.96. The molecule has 1 aromatic heterocycles. The van der Waals surface area contributed by atoms with Crippen LogP contribution in [-0.4, -0.2) is 16.3 Å². The van der Waals surface area contributed by atoms with Crippen molar-refractivity contribution >= 4 is 0 Å². The minimum Gasteiger partial charge on any atom is -0.442 e. The van der Waals surface area contributed by atoms with Crippen molar-refractivity contribution in [2.45, 2.75) is 70.6 Å². The largest absolute Gasteiger partial charge is 0.442 e. The van der Waals surface area contributed by atoms with Crippen LogP contribution in [0.3, 0.4) is 0 Å². The molecule has 1 saturated carbocycles. The highest BCUT2D eigenvalue weighted by Crippen LogP contribution is 2.40. The van der Waals surface area contributed by atoms with E-state index in [-0.39, 0.29) is 11.8 Å². The van der Waals surface area contributed by atoms with Crippen LogP contribution in [0.1, 0.15) is 74.8 Å². The lowest BCUT2D eigenvalue weighted by atomic mass is 9.80. The molecule has 0 aromatic carbocycles. The summed E-state index contributed by atoms with van der Waals surface area (Å²) in [5.41, 5.74) is 0.678. The first kappa shape index (κ1) is 16.3. The minimum absolute atomic E-state index is 0.0750. The second-order valence-corrected chi connectivity index (χ2v) is 5.96. The number of hydrogen-bond donors (Lipinski definition) is 1. The van der Waals surface area contributed by atoms with Gasteiger partial charge in [-0.1, -0.05) is 6.92 Å². The third kappa shape index (κ3) is 4.22. The van der Waals surface area contributed by atoms with Gasteiger partial charge in [0, 0.05) is 12.3 Å². The Hall–Kier alpha value is -1.04. The van der Waals surface area contributed by atoms with Crippen molar-refractivity contribution in [2.75, 3.05) is 0 Å². The highest BCUT2D eigenvalue weighted by Gasteiger charge is 2.35. The standard InChI is InChI=1S/C15H22F3NO2/c1-3-12(20)13-9(2)19-14(21-13)11-6-4-10(5-7-11)8-15(16,17)18/h10-12,20H,3-8H2,1-2H3. The molecule has 1 unspecified atom stereocenters. The van der Waals surface area contributed by atoms with Gasteiger partial charge >= 0.3 is 6.18 Å². The van der Waals surface area contributed by atoms with Gasteiger partial charge in [0.15, 0.2) is 11.7 Å². The summed E-state index contributed by atoms with van der Waals surface area (Å²) in [6.07, 6.45) is -2.43. The summed E-state index contributed by atoms with van der Waals surface area (Å²) in [7, 11) is 0. The number of nitrogens with zero attached hydrogens (tertiary/aromatic N) is 1. The number of aromatic nitrogens is 1. The van der Waals surface area contributed by atoms with Crippen LogP contribution in [0.2, 0.25) is 0 Å². The van der Waals surface area contributed by atoms with Crippen molar-refractivity contribution in [3.8, 4) is 0 Å². The molecule has 1 N–H and O–H groups in total. The quantitative estimate of drug-likeness (QED) is 0.880. The molecule has 0 amide bonds. The van der Waals surface area contributed by atoms with Crippen LogP contribution in [0.15, 0.2) is 4.42 Å². The number of oxazole rings is 1. The van der Waals surface area contributed by atoms with Gasteiger partial charge in [0.05, 0.1) is 5.69 Å². The zero-order valence-corrected chi connectivity index (χ0v) is 12.4. The zero-order chi connectivity index (χ0) is 15.6. The highest BCUT2D eigenvalue weighted by atomic mass is 19.4. The number of halogens is 3. The van der Waals surface area contributed by atoms with Gasteiger partial charge in [0.25, 0.3) is 0 Å². The Labute approximate surface area is 122 Å². The van der Waals surface area contributed by atoms with Gasteiger partial charge in [-0.25, -0.2) is 4.98 Å². The molecule has 120 valence electrons. The average Bonchev–Trinajstić information content (AvgIpc) is 2.79. The minimum atomic E-state index is -4.07. The van der Waals surface area contributed by atoms with Gasteiger partial charge in [-0.15, -0.1) is 0 Å². The van der Waals surface area contributed by atoms with Crippen LogP contribution in [0.5, 0.6) is 0 Å². The van der Waals surface area contributed by atoms with Gasteiger partial charge in [-0.05, 0) is 44.9 Å². The lowest BCUT2D eigenvalue weighted by molar-refractivity contribution is -0.146. The molecule has 0 bridgehead atoms. The predicted molar refractivity (Wildman–Crippen MR) is 71.9 cm³/mol. The van der Waals surface area contributed by atoms with Gasteiger partial charge in [0.2, 0.25) is 0 Å². The van der Waals surface area contributed by atoms with E-state index >= 15 is 0 Å². The summed E-state index contributed by atoms with van der Waals surface area (Å²) >= 11 is 0. The molecule has 1 heterocycles. The fraction of sp³-hybridized carbons (Fsp3) is 0.800. The van der Waals surface area contributed by atoms with E-state index in [1.807, 2.05) is 6.92 Å². The molecule has 1 atom stereocenters. The van der Waals surface area contributed by atoms with E-state index in [0.717, 1.165) is 0 Å². The monoisotopic (exact) mass is 305 g/mol. The number of alkyl halides is 3. The molecule has 0 radical (unpaired) electrons. The van der Waals surface area contributed by atoms with Gasteiger partial charge in [0.1, 0.15) is 6.10 Å². The van der Waals surface area contributed by atoms with E-state index in [0.29, 0.717) is 49.4 Å². The van der Waals surface area contributed by atoms with Gasteiger partial charge in [-0.3, -0.25) is 0 Å². The molecule has 1 aliphatic carbocycles. The first-order valence-electron chi connectivity index (χ1n) is 7.52. The number of rotatable bonds is 4. The molecule has 21 heavy (non-hydrogen) atoms. The Morgan fingerprint density at radius 1 is 1.29 bits per heavy atom. The fourth-order valence-corrected chi connectivity index (χ4v) is 3.04. The van der Waals surface area contributed by atoms with Crippen LogP contribution in [0.25, 0.3) is 0 Å². The summed E-state index contributed by atoms with van der Waals surface area (Å²) < 4.78 is 42.8. The Bertz CT molecular complexity index is 462. The first-order chi connectivity index (χ1) is 9.80. The maximum Gasteiger partial charge on any atom is 0.389 e. The van der Waals surface area contributed by atoms with Crippen LogP contribution in [0.4, 0.5) is 13.2 Å². The normalized spacial score (nSPS) is 25.0. The molecule has 0 aliphatic heterocycles. The number of aliphatic hydroxyl groups excluding tert-OH is 1. The van der Waals surface area contributed by atoms with E-state index in [9.17, 15) is 18.3 Å². The molecular formula is C15H22F3NO2. The summed E-state index contributed by atoms with van der Waals surface area (Å²) in [6, 6.07) is 0. The maximum absolute atomic E-state index is 12.4. The molecule has 1 aromatic rings. The molecule has 6 heteroatoms. The smallest absolute Gasteiger partial charge is 0.389 e. The predicted octanol–water partition coefficient (Wildman–Crippen LogP) is 4.65. The van der Waals surface area contributed by atoms with Crippen LogP contribution >= 0.6 is 0 Å². The zero-order valence-electron chi connectivity index (χ0n) is 12.4. The average molecular weight is 305 g/mol. The molecular weight excluding hydrogens is 283 g/mol. The lowest BCUT2D eigenvalue weighted by Crippen LogP contribution is -2.20. The summed E-state index contributed by atoms with van der Waals surface area (Å²) in [4.78, 5) is 4.35. The van der Waals surface area contributed by atoms with E-state index in [2.05, 4.69) is 4.98 Å². The second kappa shape index (κ2) is 6.38. The first-order valence-corrected chi connectivity index (χ1v) is 7.52. The second-order valence-electron chi connectivity index (χ2n) is 5.96. The van der Waals surface area contributed by atoms with E-state index in [1.165, 1.54) is 0 Å². The molecule has 1 fully saturated rings. The van der Waals surface area contributed by atoms with Crippen LogP contribution in [-0.2, 0) is 0 Å². The van der Waals surface area contributed by atoms with E-state index in [4.69, 9.17) is 4.42 Å². The van der Waals surface area contributed by atoms with Crippen molar-refractivity contribution in [3.05, 3.63) is 17.3 Å². The Morgan fingerprint density at radius 3 is 2.43 bits per heavy atom. The maximum atomic E-state index is 12.4. The van der Waals surface area contributed by atoms with Crippen molar-refractivity contribution in [2.24, 2.45) is 5.92 Å². The highest BCUT2D eigenvalue weighted by molar-refractivity contribution is 5.12. The van der Waals surface area contributed by atoms with Gasteiger partial charge < -0.3 is 9.52 Å². The molecule has 1 aliphatic rings. The number of aryl methyl sites for hydroxylation is 1. The topological polar surface area (TPSA) is 46.3 Å². The lowest BCUT2D eigenvalue weighted by Gasteiger charge is -2.27. The van der Waals surface area contributed by atoms with Crippen LogP contribution in [0, 0.1) is 12.8 Å². The Morgan fingerprint density at radius 2 is 1.90 bits per heavy atom. The van der Waals surface area contributed by atoms with E-state index in [1.54, 1.807) is 6.92 Å². The van der Waals surface area contributed by atoms with Crippen LogP contribution < -0.4 is 0 Å². The molecule has 0 spiro atoms.